The molecule has 122 valence electrons. The van der Waals surface area contributed by atoms with Gasteiger partial charge in [-0.15, -0.1) is 11.3 Å². The Morgan fingerprint density at radius 3 is 2.46 bits per heavy atom. The maximum Gasteiger partial charge on any atom is 0.221 e. The first-order chi connectivity index (χ1) is 11.7. The minimum absolute atomic E-state index is 0.0829. The van der Waals surface area contributed by atoms with Gasteiger partial charge in [0.25, 0.3) is 0 Å². The molecule has 1 N–H and O–H groups in total. The van der Waals surface area contributed by atoms with E-state index in [0.29, 0.717) is 12.0 Å². The molecular weight excluding hydrogens is 321 g/mol. The van der Waals surface area contributed by atoms with Crippen molar-refractivity contribution in [3.63, 3.8) is 0 Å². The Hall–Kier alpha value is -2.46. The molecule has 0 saturated heterocycles. The molecule has 0 radical (unpaired) electrons. The molecule has 0 bridgehead atoms. The Kier molecular flexibility index (Phi) is 5.39. The highest BCUT2D eigenvalue weighted by atomic mass is 32.1. The predicted octanol–water partition coefficient (Wildman–Crippen LogP) is 4.73. The third-order valence-electron chi connectivity index (χ3n) is 3.85. The zero-order valence-electron chi connectivity index (χ0n) is 13.1. The minimum atomic E-state index is -0.261. The number of nitrogens with one attached hydrogen (secondary N) is 1. The van der Waals surface area contributed by atoms with E-state index in [0.717, 1.165) is 10.4 Å². The van der Waals surface area contributed by atoms with E-state index in [-0.39, 0.29) is 24.2 Å². The summed E-state index contributed by atoms with van der Waals surface area (Å²) >= 11 is 1.61. The van der Waals surface area contributed by atoms with Crippen LogP contribution < -0.4 is 5.32 Å². The quantitative estimate of drug-likeness (QED) is 0.691. The average molecular weight is 339 g/mol. The lowest BCUT2D eigenvalue weighted by atomic mass is 10.0. The van der Waals surface area contributed by atoms with E-state index in [4.69, 9.17) is 0 Å². The molecule has 1 unspecified atom stereocenters. The average Bonchev–Trinajstić information content (AvgIpc) is 3.14. The van der Waals surface area contributed by atoms with Gasteiger partial charge in [-0.1, -0.05) is 54.6 Å². The van der Waals surface area contributed by atoms with Gasteiger partial charge in [0, 0.05) is 11.3 Å². The van der Waals surface area contributed by atoms with Crippen molar-refractivity contribution in [3.8, 4) is 0 Å². The molecule has 4 heteroatoms. The largest absolute Gasteiger partial charge is 0.344 e. The lowest BCUT2D eigenvalue weighted by molar-refractivity contribution is -0.121. The van der Waals surface area contributed by atoms with Crippen LogP contribution in [0.3, 0.4) is 0 Å². The van der Waals surface area contributed by atoms with Crippen molar-refractivity contribution in [1.29, 1.82) is 0 Å². The smallest absolute Gasteiger partial charge is 0.221 e. The van der Waals surface area contributed by atoms with E-state index in [1.807, 2.05) is 47.8 Å². The number of aryl methyl sites for hydroxylation is 1. The highest BCUT2D eigenvalue weighted by Gasteiger charge is 2.17. The molecule has 1 atom stereocenters. The van der Waals surface area contributed by atoms with Crippen molar-refractivity contribution in [2.75, 3.05) is 0 Å². The summed E-state index contributed by atoms with van der Waals surface area (Å²) in [4.78, 5) is 13.5. The SMILES string of the molecule is O=C(CCc1ccccc1F)NC(c1ccccc1)c1cccs1. The van der Waals surface area contributed by atoms with Crippen LogP contribution in [-0.2, 0) is 11.2 Å². The van der Waals surface area contributed by atoms with Crippen LogP contribution in [0.25, 0.3) is 0 Å². The molecule has 0 fully saturated rings. The van der Waals surface area contributed by atoms with Crippen molar-refractivity contribution in [1.82, 2.24) is 5.32 Å². The second kappa shape index (κ2) is 7.88. The molecule has 0 aliphatic heterocycles. The van der Waals surface area contributed by atoms with Crippen LogP contribution in [0.1, 0.15) is 28.5 Å². The van der Waals surface area contributed by atoms with Gasteiger partial charge >= 0.3 is 0 Å². The second-order valence-electron chi connectivity index (χ2n) is 5.52. The van der Waals surface area contributed by atoms with E-state index in [1.165, 1.54) is 6.07 Å². The van der Waals surface area contributed by atoms with Gasteiger partial charge in [0.1, 0.15) is 5.82 Å². The molecule has 2 aromatic carbocycles. The standard InChI is InChI=1S/C20H18FNOS/c21-17-10-5-4-7-15(17)12-13-19(23)22-20(18-11-6-14-24-18)16-8-2-1-3-9-16/h1-11,14,20H,12-13H2,(H,22,23). The zero-order valence-corrected chi connectivity index (χ0v) is 13.9. The monoisotopic (exact) mass is 339 g/mol. The number of halogens is 1. The van der Waals surface area contributed by atoms with Crippen LogP contribution in [0.2, 0.25) is 0 Å². The number of carbonyl (C=O) groups excluding carboxylic acids is 1. The summed E-state index contributed by atoms with van der Waals surface area (Å²) in [6.45, 7) is 0. The van der Waals surface area contributed by atoms with Gasteiger partial charge in [0.15, 0.2) is 0 Å². The summed E-state index contributed by atoms with van der Waals surface area (Å²) < 4.78 is 13.7. The fourth-order valence-corrected chi connectivity index (χ4v) is 3.40. The molecule has 0 spiro atoms. The molecule has 24 heavy (non-hydrogen) atoms. The summed E-state index contributed by atoms with van der Waals surface area (Å²) in [6.07, 6.45) is 0.653. The normalized spacial score (nSPS) is 11.9. The molecule has 0 aliphatic rings. The van der Waals surface area contributed by atoms with Crippen LogP contribution in [0.5, 0.6) is 0 Å². The number of rotatable bonds is 6. The van der Waals surface area contributed by atoms with E-state index >= 15 is 0 Å². The highest BCUT2D eigenvalue weighted by Crippen LogP contribution is 2.26. The lowest BCUT2D eigenvalue weighted by Gasteiger charge is -2.18. The highest BCUT2D eigenvalue weighted by molar-refractivity contribution is 7.10. The number of benzene rings is 2. The van der Waals surface area contributed by atoms with Gasteiger partial charge in [-0.05, 0) is 35.1 Å². The summed E-state index contributed by atoms with van der Waals surface area (Å²) in [6, 6.07) is 20.3. The molecule has 2 nitrogen and oxygen atoms in total. The van der Waals surface area contributed by atoms with Crippen molar-refractivity contribution < 1.29 is 9.18 Å². The van der Waals surface area contributed by atoms with Gasteiger partial charge in [0.05, 0.1) is 6.04 Å². The fraction of sp³-hybridized carbons (Fsp3) is 0.150. The molecule has 0 aliphatic carbocycles. The van der Waals surface area contributed by atoms with E-state index < -0.39 is 0 Å². The molecular formula is C20H18FNOS. The first-order valence-electron chi connectivity index (χ1n) is 7.85. The maximum absolute atomic E-state index is 13.7. The van der Waals surface area contributed by atoms with Crippen molar-refractivity contribution in [2.24, 2.45) is 0 Å². The Balaban J connectivity index is 1.69. The summed E-state index contributed by atoms with van der Waals surface area (Å²) in [5.41, 5.74) is 1.61. The van der Waals surface area contributed by atoms with Gasteiger partial charge in [0.2, 0.25) is 5.91 Å². The number of hydrogen-bond donors (Lipinski definition) is 1. The minimum Gasteiger partial charge on any atom is -0.344 e. The Bertz CT molecular complexity index is 786. The van der Waals surface area contributed by atoms with Gasteiger partial charge in [-0.3, -0.25) is 4.79 Å². The van der Waals surface area contributed by atoms with E-state index in [9.17, 15) is 9.18 Å². The predicted molar refractivity (Wildman–Crippen MR) is 95.5 cm³/mol. The zero-order chi connectivity index (χ0) is 16.8. The number of amides is 1. The van der Waals surface area contributed by atoms with Crippen LogP contribution in [0.15, 0.2) is 72.1 Å². The number of hydrogen-bond acceptors (Lipinski definition) is 2. The summed E-state index contributed by atoms with van der Waals surface area (Å²) in [5, 5.41) is 5.07. The molecule has 3 rings (SSSR count). The molecule has 1 amide bonds. The number of carbonyl (C=O) groups is 1. The molecule has 1 aromatic heterocycles. The fourth-order valence-electron chi connectivity index (χ4n) is 2.60. The Morgan fingerprint density at radius 1 is 1.00 bits per heavy atom. The van der Waals surface area contributed by atoms with Crippen LogP contribution in [0.4, 0.5) is 4.39 Å². The third-order valence-corrected chi connectivity index (χ3v) is 4.78. The van der Waals surface area contributed by atoms with E-state index in [2.05, 4.69) is 5.32 Å². The summed E-state index contributed by atoms with van der Waals surface area (Å²) in [5.74, 6) is -0.344. The maximum atomic E-state index is 13.7. The molecule has 0 saturated carbocycles. The van der Waals surface area contributed by atoms with E-state index in [1.54, 1.807) is 29.5 Å². The van der Waals surface area contributed by atoms with Crippen molar-refractivity contribution in [3.05, 3.63) is 93.9 Å². The number of thiophene rings is 1. The summed E-state index contributed by atoms with van der Waals surface area (Å²) in [7, 11) is 0. The third kappa shape index (κ3) is 4.09. The van der Waals surface area contributed by atoms with Crippen molar-refractivity contribution in [2.45, 2.75) is 18.9 Å². The molecule has 3 aromatic rings. The van der Waals surface area contributed by atoms with Gasteiger partial charge in [-0.25, -0.2) is 4.39 Å². The second-order valence-corrected chi connectivity index (χ2v) is 6.50. The lowest BCUT2D eigenvalue weighted by Crippen LogP contribution is -2.29. The van der Waals surface area contributed by atoms with Gasteiger partial charge < -0.3 is 5.32 Å². The van der Waals surface area contributed by atoms with Crippen LogP contribution in [-0.4, -0.2) is 5.91 Å². The van der Waals surface area contributed by atoms with Crippen molar-refractivity contribution >= 4 is 17.2 Å². The Morgan fingerprint density at radius 2 is 1.75 bits per heavy atom. The topological polar surface area (TPSA) is 29.1 Å². The first kappa shape index (κ1) is 16.4. The van der Waals surface area contributed by atoms with Gasteiger partial charge in [-0.2, -0.15) is 0 Å². The van der Waals surface area contributed by atoms with Crippen LogP contribution >= 0.6 is 11.3 Å². The molecule has 1 heterocycles. The first-order valence-corrected chi connectivity index (χ1v) is 8.73. The van der Waals surface area contributed by atoms with Crippen LogP contribution in [0, 0.1) is 5.82 Å². The Labute approximate surface area is 145 Å².